The van der Waals surface area contributed by atoms with Gasteiger partial charge in [0.2, 0.25) is 0 Å². The minimum absolute atomic E-state index is 0.0319. The summed E-state index contributed by atoms with van der Waals surface area (Å²) in [6.45, 7) is 26.7. The molecule has 0 amide bonds. The number of allylic oxidation sites excluding steroid dienone is 4. The molecule has 0 spiro atoms. The molecule has 0 saturated carbocycles. The second-order valence-electron chi connectivity index (χ2n) is 10.1. The van der Waals surface area contributed by atoms with Crippen molar-refractivity contribution in [2.45, 2.75) is 100 Å². The number of hydrogen-bond donors (Lipinski definition) is 4. The van der Waals surface area contributed by atoms with Gasteiger partial charge >= 0.3 is 0 Å². The van der Waals surface area contributed by atoms with Crippen molar-refractivity contribution in [2.75, 3.05) is 26.7 Å². The van der Waals surface area contributed by atoms with Crippen molar-refractivity contribution in [2.24, 2.45) is 5.92 Å². The maximum Gasteiger partial charge on any atom is 0.124 e. The molecule has 0 aliphatic rings. The molecule has 0 aliphatic heterocycles. The van der Waals surface area contributed by atoms with Crippen molar-refractivity contribution < 1.29 is 10.2 Å². The summed E-state index contributed by atoms with van der Waals surface area (Å²) in [6, 6.07) is 8.35. The predicted octanol–water partition coefficient (Wildman–Crippen LogP) is 8.70. The standard InChI is InChI=1S/C26H39NO.C8H17NO.C2H6/c1-7-12-20(3)26(21(4)13-10-9-11-18-27-6)25(19-28)22(5)24-16-14-23(8-2)15-17-24;1-4-9-8(10)6-5-7(2)3;1-2/h8,14-17,27-28H,2,4,7,9-13,18-19H2,1,3,5-6H3;5-10H,4H2,1-3H3;1-2H3/b25-22+,26-20+;6-5-;. The Morgan fingerprint density at radius 3 is 2.08 bits per heavy atom. The number of nitrogens with one attached hydrogen (secondary N) is 2. The molecule has 0 radical (unpaired) electrons. The van der Waals surface area contributed by atoms with Gasteiger partial charge in [0, 0.05) is 0 Å². The average Bonchev–Trinajstić information content (AvgIpc) is 2.95. The molecule has 0 fully saturated rings. The van der Waals surface area contributed by atoms with Crippen molar-refractivity contribution in [3.05, 3.63) is 83.0 Å². The summed E-state index contributed by atoms with van der Waals surface area (Å²) in [6.07, 6.45) is 11.7. The summed E-state index contributed by atoms with van der Waals surface area (Å²) in [5.74, 6) is 0.508. The Bertz CT molecular complexity index is 892. The summed E-state index contributed by atoms with van der Waals surface area (Å²) >= 11 is 0. The Labute approximate surface area is 248 Å². The summed E-state index contributed by atoms with van der Waals surface area (Å²) in [5.41, 5.74) is 8.04. The quantitative estimate of drug-likeness (QED) is 0.0673. The highest BCUT2D eigenvalue weighted by atomic mass is 16.3. The number of unbranched alkanes of at least 4 members (excludes halogenated alkanes) is 2. The zero-order valence-electron chi connectivity index (χ0n) is 27.4. The first kappa shape index (κ1) is 39.9. The van der Waals surface area contributed by atoms with Crippen LogP contribution < -0.4 is 10.6 Å². The number of rotatable bonds is 17. The average molecular weight is 555 g/mol. The topological polar surface area (TPSA) is 64.5 Å². The molecule has 1 rings (SSSR count). The highest BCUT2D eigenvalue weighted by molar-refractivity contribution is 5.74. The van der Waals surface area contributed by atoms with Gasteiger partial charge < -0.3 is 15.5 Å². The molecule has 4 heteroatoms. The van der Waals surface area contributed by atoms with E-state index in [2.05, 4.69) is 82.7 Å². The second-order valence-corrected chi connectivity index (χ2v) is 10.1. The fraction of sp³-hybridized carbons (Fsp3) is 0.556. The van der Waals surface area contributed by atoms with Crippen LogP contribution in [0.25, 0.3) is 11.6 Å². The van der Waals surface area contributed by atoms with E-state index in [1.54, 1.807) is 6.08 Å². The Morgan fingerprint density at radius 2 is 1.60 bits per heavy atom. The van der Waals surface area contributed by atoms with Gasteiger partial charge in [0.05, 0.1) is 6.61 Å². The number of benzene rings is 1. The number of aliphatic hydroxyl groups excluding tert-OH is 2. The van der Waals surface area contributed by atoms with Crippen LogP contribution in [0.5, 0.6) is 0 Å². The SMILES string of the molecule is C=Cc1ccc(/C(C)=C(CO)/C(C(=C)CCCCCNC)=C(\C)CCC)cc1.CC.CCNC(O)/C=C\C(C)C. The molecule has 4 nitrogen and oxygen atoms in total. The molecule has 228 valence electrons. The van der Waals surface area contributed by atoms with E-state index in [1.807, 2.05) is 40.0 Å². The fourth-order valence-electron chi connectivity index (χ4n) is 4.25. The largest absolute Gasteiger partial charge is 0.392 e. The van der Waals surface area contributed by atoms with Crippen molar-refractivity contribution in [3.8, 4) is 0 Å². The number of aliphatic hydroxyl groups is 2. The van der Waals surface area contributed by atoms with Gasteiger partial charge in [0.15, 0.2) is 0 Å². The first-order chi connectivity index (χ1) is 19.2. The van der Waals surface area contributed by atoms with E-state index in [9.17, 15) is 5.11 Å². The highest BCUT2D eigenvalue weighted by Gasteiger charge is 2.15. The van der Waals surface area contributed by atoms with Crippen LogP contribution in [0, 0.1) is 5.92 Å². The lowest BCUT2D eigenvalue weighted by Gasteiger charge is -2.20. The first-order valence-corrected chi connectivity index (χ1v) is 15.3. The van der Waals surface area contributed by atoms with Crippen LogP contribution in [0.1, 0.15) is 105 Å². The summed E-state index contributed by atoms with van der Waals surface area (Å²) in [7, 11) is 2.00. The third kappa shape index (κ3) is 17.5. The zero-order valence-corrected chi connectivity index (χ0v) is 27.4. The molecule has 0 aromatic heterocycles. The van der Waals surface area contributed by atoms with Gasteiger partial charge in [0.1, 0.15) is 6.23 Å². The Kier molecular flexibility index (Phi) is 25.6. The van der Waals surface area contributed by atoms with Crippen molar-refractivity contribution in [1.82, 2.24) is 10.6 Å². The van der Waals surface area contributed by atoms with Gasteiger partial charge in [-0.05, 0) is 105 Å². The maximum atomic E-state index is 10.3. The molecule has 0 bridgehead atoms. The lowest BCUT2D eigenvalue weighted by Crippen LogP contribution is -2.25. The van der Waals surface area contributed by atoms with Crippen LogP contribution in [0.15, 0.2) is 71.9 Å². The van der Waals surface area contributed by atoms with E-state index < -0.39 is 6.23 Å². The molecule has 0 aliphatic carbocycles. The van der Waals surface area contributed by atoms with Crippen LogP contribution in [-0.4, -0.2) is 43.2 Å². The molecular formula is C36H62N2O2. The Balaban J connectivity index is 0. The molecule has 4 N–H and O–H groups in total. The second kappa shape index (κ2) is 25.7. The fourth-order valence-corrected chi connectivity index (χ4v) is 4.25. The van der Waals surface area contributed by atoms with Crippen LogP contribution in [0.2, 0.25) is 0 Å². The Hall–Kier alpha value is -2.24. The van der Waals surface area contributed by atoms with Crippen molar-refractivity contribution in [3.63, 3.8) is 0 Å². The molecule has 1 aromatic rings. The lowest BCUT2D eigenvalue weighted by atomic mass is 9.86. The van der Waals surface area contributed by atoms with Gasteiger partial charge in [-0.3, -0.25) is 5.32 Å². The molecule has 1 unspecified atom stereocenters. The third-order valence-corrected chi connectivity index (χ3v) is 6.39. The van der Waals surface area contributed by atoms with Gasteiger partial charge in [-0.15, -0.1) is 0 Å². The van der Waals surface area contributed by atoms with E-state index in [0.29, 0.717) is 5.92 Å². The number of likely N-dealkylation sites (N-methyl/N-ethyl adjacent to an activating group) is 1. The lowest BCUT2D eigenvalue weighted by molar-refractivity contribution is 0.187. The molecule has 1 aromatic carbocycles. The van der Waals surface area contributed by atoms with Gasteiger partial charge in [0.25, 0.3) is 0 Å². The van der Waals surface area contributed by atoms with Gasteiger partial charge in [-0.1, -0.05) is 110 Å². The first-order valence-electron chi connectivity index (χ1n) is 15.3. The molecular weight excluding hydrogens is 492 g/mol. The highest BCUT2D eigenvalue weighted by Crippen LogP contribution is 2.33. The maximum absolute atomic E-state index is 10.3. The minimum Gasteiger partial charge on any atom is -0.392 e. The van der Waals surface area contributed by atoms with Crippen molar-refractivity contribution in [1.29, 1.82) is 0 Å². The Morgan fingerprint density at radius 1 is 0.975 bits per heavy atom. The smallest absolute Gasteiger partial charge is 0.124 e. The van der Waals surface area contributed by atoms with Gasteiger partial charge in [-0.25, -0.2) is 0 Å². The monoisotopic (exact) mass is 554 g/mol. The molecule has 40 heavy (non-hydrogen) atoms. The minimum atomic E-state index is -0.479. The summed E-state index contributed by atoms with van der Waals surface area (Å²) in [4.78, 5) is 0. The van der Waals surface area contributed by atoms with Crippen LogP contribution in [0.4, 0.5) is 0 Å². The predicted molar refractivity (Wildman–Crippen MR) is 180 cm³/mol. The van der Waals surface area contributed by atoms with Crippen LogP contribution in [0.3, 0.4) is 0 Å². The summed E-state index contributed by atoms with van der Waals surface area (Å²) < 4.78 is 0. The normalized spacial score (nSPS) is 13.0. The van der Waals surface area contributed by atoms with E-state index in [0.717, 1.165) is 66.6 Å². The van der Waals surface area contributed by atoms with Gasteiger partial charge in [-0.2, -0.15) is 0 Å². The molecule has 0 saturated heterocycles. The van der Waals surface area contributed by atoms with E-state index in [4.69, 9.17) is 5.11 Å². The molecule has 1 atom stereocenters. The van der Waals surface area contributed by atoms with Crippen molar-refractivity contribution >= 4 is 11.6 Å². The van der Waals surface area contributed by atoms with E-state index in [-0.39, 0.29) is 6.61 Å². The molecule has 0 heterocycles. The van der Waals surface area contributed by atoms with Crippen LogP contribution >= 0.6 is 0 Å². The van der Waals surface area contributed by atoms with E-state index in [1.165, 1.54) is 24.0 Å². The van der Waals surface area contributed by atoms with E-state index >= 15 is 0 Å². The van der Waals surface area contributed by atoms with Crippen LogP contribution in [-0.2, 0) is 0 Å². The summed E-state index contributed by atoms with van der Waals surface area (Å²) in [5, 5.41) is 25.5. The third-order valence-electron chi connectivity index (χ3n) is 6.39. The number of hydrogen-bond acceptors (Lipinski definition) is 4. The zero-order chi connectivity index (χ0) is 30.9.